The number of thioether (sulfide) groups is 1. The zero-order chi connectivity index (χ0) is 15.7. The minimum atomic E-state index is -0.300. The van der Waals surface area contributed by atoms with Gasteiger partial charge in [-0.05, 0) is 48.8 Å². The quantitative estimate of drug-likeness (QED) is 0.862. The first kappa shape index (κ1) is 15.8. The highest BCUT2D eigenvalue weighted by Gasteiger charge is 2.45. The summed E-state index contributed by atoms with van der Waals surface area (Å²) in [6.45, 7) is 3.22. The fraction of sp³-hybridized carbons (Fsp3) is 0.556. The number of allylic oxidation sites excluding steroid dienone is 1. The molecule has 1 fully saturated rings. The van der Waals surface area contributed by atoms with Crippen molar-refractivity contribution < 1.29 is 9.84 Å². The first-order valence-electron chi connectivity index (χ1n) is 8.03. The summed E-state index contributed by atoms with van der Waals surface area (Å²) < 4.78 is 5.50. The number of rotatable bonds is 4. The third-order valence-corrected chi connectivity index (χ3v) is 5.93. The second-order valence-corrected chi connectivity index (χ2v) is 7.52. The van der Waals surface area contributed by atoms with Gasteiger partial charge >= 0.3 is 0 Å². The van der Waals surface area contributed by atoms with Crippen LogP contribution >= 0.6 is 11.8 Å². The van der Waals surface area contributed by atoms with Gasteiger partial charge in [0.2, 0.25) is 0 Å². The van der Waals surface area contributed by atoms with Gasteiger partial charge in [-0.15, -0.1) is 11.8 Å². The Morgan fingerprint density at radius 1 is 1.41 bits per heavy atom. The lowest BCUT2D eigenvalue weighted by Crippen LogP contribution is -2.33. The predicted molar refractivity (Wildman–Crippen MR) is 91.6 cm³/mol. The summed E-state index contributed by atoms with van der Waals surface area (Å²) in [6, 6.07) is 6.62. The summed E-state index contributed by atoms with van der Waals surface area (Å²) in [4.78, 5) is 3.52. The average Bonchev–Trinajstić information content (AvgIpc) is 2.86. The average molecular weight is 319 g/mol. The van der Waals surface area contributed by atoms with Crippen molar-refractivity contribution in [1.82, 2.24) is 4.90 Å². The molecule has 3 nitrogen and oxygen atoms in total. The molecule has 2 atom stereocenters. The van der Waals surface area contributed by atoms with Gasteiger partial charge in [0.1, 0.15) is 5.75 Å². The second-order valence-electron chi connectivity index (χ2n) is 6.21. The SMILES string of the molecule is CCSc1cc([C@@]23CC[C@@H](O)C=C2N(C)CC3)ccc1OC. The molecule has 1 aliphatic carbocycles. The number of likely N-dealkylation sites (tertiary alicyclic amines) is 1. The third-order valence-electron chi connectivity index (χ3n) is 5.01. The summed E-state index contributed by atoms with van der Waals surface area (Å²) in [5.74, 6) is 1.99. The minimum absolute atomic E-state index is 0.0727. The smallest absolute Gasteiger partial charge is 0.132 e. The van der Waals surface area contributed by atoms with Gasteiger partial charge in [-0.25, -0.2) is 0 Å². The molecule has 1 N–H and O–H groups in total. The van der Waals surface area contributed by atoms with Gasteiger partial charge in [-0.1, -0.05) is 13.0 Å². The van der Waals surface area contributed by atoms with Crippen molar-refractivity contribution in [2.75, 3.05) is 26.5 Å². The molecular formula is C18H25NO2S. The van der Waals surface area contributed by atoms with E-state index in [1.165, 1.54) is 16.2 Å². The van der Waals surface area contributed by atoms with E-state index in [4.69, 9.17) is 4.74 Å². The Bertz CT molecular complexity index is 586. The molecule has 0 spiro atoms. The highest BCUT2D eigenvalue weighted by atomic mass is 32.2. The van der Waals surface area contributed by atoms with E-state index < -0.39 is 0 Å². The topological polar surface area (TPSA) is 32.7 Å². The monoisotopic (exact) mass is 319 g/mol. The van der Waals surface area contributed by atoms with Crippen LogP contribution in [0.4, 0.5) is 0 Å². The molecule has 0 radical (unpaired) electrons. The van der Waals surface area contributed by atoms with Crippen LogP contribution in [0.3, 0.4) is 0 Å². The van der Waals surface area contributed by atoms with Crippen molar-refractivity contribution in [3.63, 3.8) is 0 Å². The van der Waals surface area contributed by atoms with E-state index in [-0.39, 0.29) is 11.5 Å². The Kier molecular flexibility index (Phi) is 4.42. The minimum Gasteiger partial charge on any atom is -0.496 e. The van der Waals surface area contributed by atoms with Crippen molar-refractivity contribution >= 4 is 11.8 Å². The predicted octanol–water partition coefficient (Wildman–Crippen LogP) is 3.42. The molecule has 0 unspecified atom stereocenters. The lowest BCUT2D eigenvalue weighted by atomic mass is 9.70. The Morgan fingerprint density at radius 2 is 2.23 bits per heavy atom. The number of aliphatic hydroxyl groups excluding tert-OH is 1. The number of likely N-dealkylation sites (N-methyl/N-ethyl adjacent to an activating group) is 1. The summed E-state index contributed by atoms with van der Waals surface area (Å²) in [6.07, 6.45) is 4.76. The van der Waals surface area contributed by atoms with Crippen molar-refractivity contribution in [2.45, 2.75) is 42.6 Å². The molecule has 120 valence electrons. The first-order valence-corrected chi connectivity index (χ1v) is 9.02. The molecule has 0 bridgehead atoms. The maximum absolute atomic E-state index is 10.0. The molecule has 1 saturated heterocycles. The molecule has 1 aromatic rings. The molecule has 22 heavy (non-hydrogen) atoms. The van der Waals surface area contributed by atoms with Crippen molar-refractivity contribution in [2.24, 2.45) is 0 Å². The van der Waals surface area contributed by atoms with Gasteiger partial charge < -0.3 is 14.7 Å². The van der Waals surface area contributed by atoms with Gasteiger partial charge in [0, 0.05) is 29.6 Å². The van der Waals surface area contributed by atoms with Gasteiger partial charge in [-0.2, -0.15) is 0 Å². The maximum atomic E-state index is 10.0. The van der Waals surface area contributed by atoms with Crippen LogP contribution in [0.2, 0.25) is 0 Å². The van der Waals surface area contributed by atoms with E-state index in [0.29, 0.717) is 0 Å². The van der Waals surface area contributed by atoms with E-state index in [1.807, 2.05) is 11.8 Å². The Balaban J connectivity index is 2.06. The lowest BCUT2D eigenvalue weighted by molar-refractivity contribution is 0.181. The standard InChI is InChI=1S/C18H25NO2S/c1-4-22-16-11-13(5-6-15(16)21-3)18-8-7-14(20)12-17(18)19(2)10-9-18/h5-6,11-12,14,20H,4,7-10H2,1-3H3/t14-,18+/m1/s1. The summed E-state index contributed by atoms with van der Waals surface area (Å²) in [7, 11) is 3.87. The highest BCUT2D eigenvalue weighted by molar-refractivity contribution is 7.99. The lowest BCUT2D eigenvalue weighted by Gasteiger charge is -2.37. The van der Waals surface area contributed by atoms with Crippen LogP contribution < -0.4 is 4.74 Å². The number of aliphatic hydroxyl groups is 1. The van der Waals surface area contributed by atoms with Crippen molar-refractivity contribution in [3.05, 3.63) is 35.5 Å². The molecule has 0 amide bonds. The number of benzene rings is 1. The molecule has 3 rings (SSSR count). The fourth-order valence-electron chi connectivity index (χ4n) is 3.85. The zero-order valence-corrected chi connectivity index (χ0v) is 14.4. The van der Waals surface area contributed by atoms with Crippen LogP contribution in [-0.4, -0.2) is 42.6 Å². The summed E-state index contributed by atoms with van der Waals surface area (Å²) in [5.41, 5.74) is 2.74. The molecule has 1 heterocycles. The zero-order valence-electron chi connectivity index (χ0n) is 13.6. The van der Waals surface area contributed by atoms with Gasteiger partial charge in [-0.3, -0.25) is 0 Å². The van der Waals surface area contributed by atoms with Gasteiger partial charge in [0.05, 0.1) is 13.2 Å². The third kappa shape index (κ3) is 2.52. The second kappa shape index (κ2) is 6.17. The van der Waals surface area contributed by atoms with E-state index >= 15 is 0 Å². The maximum Gasteiger partial charge on any atom is 0.132 e. The molecular weight excluding hydrogens is 294 g/mol. The van der Waals surface area contributed by atoms with Crippen LogP contribution in [0.5, 0.6) is 5.75 Å². The Morgan fingerprint density at radius 3 is 2.95 bits per heavy atom. The van der Waals surface area contributed by atoms with E-state index in [9.17, 15) is 5.11 Å². The fourth-order valence-corrected chi connectivity index (χ4v) is 4.67. The molecule has 0 aromatic heterocycles. The van der Waals surface area contributed by atoms with E-state index in [2.05, 4.69) is 43.1 Å². The number of methoxy groups -OCH3 is 1. The molecule has 4 heteroatoms. The largest absolute Gasteiger partial charge is 0.496 e. The van der Waals surface area contributed by atoms with Crippen molar-refractivity contribution in [3.8, 4) is 5.75 Å². The van der Waals surface area contributed by atoms with Crippen LogP contribution in [0.25, 0.3) is 0 Å². The molecule has 2 aliphatic rings. The molecule has 1 aromatic carbocycles. The highest BCUT2D eigenvalue weighted by Crippen LogP contribution is 2.50. The van der Waals surface area contributed by atoms with Gasteiger partial charge in [0.15, 0.2) is 0 Å². The normalized spacial score (nSPS) is 27.5. The first-order chi connectivity index (χ1) is 10.6. The van der Waals surface area contributed by atoms with E-state index in [0.717, 1.165) is 37.3 Å². The number of ether oxygens (including phenoxy) is 1. The summed E-state index contributed by atoms with van der Waals surface area (Å²) in [5, 5.41) is 10.0. The Labute approximate surface area is 137 Å². The van der Waals surface area contributed by atoms with Crippen LogP contribution in [0.15, 0.2) is 34.9 Å². The number of fused-ring (bicyclic) bond motifs is 1. The van der Waals surface area contributed by atoms with Crippen molar-refractivity contribution in [1.29, 1.82) is 0 Å². The summed E-state index contributed by atoms with van der Waals surface area (Å²) >= 11 is 1.83. The molecule has 1 aliphatic heterocycles. The van der Waals surface area contributed by atoms with Crippen LogP contribution in [0.1, 0.15) is 31.7 Å². The Hall–Kier alpha value is -1.13. The van der Waals surface area contributed by atoms with Crippen LogP contribution in [-0.2, 0) is 5.41 Å². The molecule has 0 saturated carbocycles. The number of nitrogens with zero attached hydrogens (tertiary/aromatic N) is 1. The number of hydrogen-bond donors (Lipinski definition) is 1. The van der Waals surface area contributed by atoms with E-state index in [1.54, 1.807) is 7.11 Å². The number of hydrogen-bond acceptors (Lipinski definition) is 4. The van der Waals surface area contributed by atoms with Crippen LogP contribution in [0, 0.1) is 0 Å². The van der Waals surface area contributed by atoms with Gasteiger partial charge in [0.25, 0.3) is 0 Å².